The smallest absolute Gasteiger partial charge is 0.0963 e. The third-order valence-corrected chi connectivity index (χ3v) is 5.54. The minimum Gasteiger partial charge on any atom is -0.291 e. The molecule has 1 atom stereocenters. The van der Waals surface area contributed by atoms with E-state index in [-0.39, 0.29) is 6.04 Å². The topological polar surface area (TPSA) is 35.8 Å². The summed E-state index contributed by atoms with van der Waals surface area (Å²) in [6.45, 7) is 0.519. The molecule has 4 bridgehead atoms. The van der Waals surface area contributed by atoms with E-state index in [4.69, 9.17) is 6.42 Å². The first-order valence-electron chi connectivity index (χ1n) is 7.36. The molecule has 0 saturated heterocycles. The largest absolute Gasteiger partial charge is 0.291 e. The highest BCUT2D eigenvalue weighted by Gasteiger charge is 2.48. The maximum atomic E-state index is 9.23. The second kappa shape index (κ2) is 4.94. The van der Waals surface area contributed by atoms with Crippen molar-refractivity contribution in [1.29, 1.82) is 5.26 Å². The van der Waals surface area contributed by atoms with Gasteiger partial charge < -0.3 is 0 Å². The van der Waals surface area contributed by atoms with Crippen molar-refractivity contribution in [1.82, 2.24) is 5.32 Å². The monoisotopic (exact) mass is 242 g/mol. The van der Waals surface area contributed by atoms with Crippen LogP contribution in [-0.4, -0.2) is 12.6 Å². The summed E-state index contributed by atoms with van der Waals surface area (Å²) in [5.74, 6) is 7.20. The average molecular weight is 242 g/mol. The van der Waals surface area contributed by atoms with Crippen LogP contribution in [0.15, 0.2) is 0 Å². The molecule has 0 aliphatic heterocycles. The number of rotatable bonds is 4. The standard InChI is InChI=1S/C16H22N2/c1-2-3-18-15(10-17)9-16-13-5-11-4-12(7-13)8-14(16)6-11/h1,11-16,18H,3-9H2. The molecule has 0 amide bonds. The van der Waals surface area contributed by atoms with Gasteiger partial charge in [0.15, 0.2) is 0 Å². The van der Waals surface area contributed by atoms with Gasteiger partial charge in [-0.15, -0.1) is 6.42 Å². The van der Waals surface area contributed by atoms with Gasteiger partial charge in [-0.2, -0.15) is 5.26 Å². The Morgan fingerprint density at radius 1 is 1.11 bits per heavy atom. The van der Waals surface area contributed by atoms with Gasteiger partial charge in [-0.3, -0.25) is 5.32 Å². The van der Waals surface area contributed by atoms with E-state index in [1.807, 2.05) is 0 Å². The van der Waals surface area contributed by atoms with Crippen LogP contribution in [0.5, 0.6) is 0 Å². The molecule has 4 aliphatic carbocycles. The zero-order chi connectivity index (χ0) is 12.5. The maximum Gasteiger partial charge on any atom is 0.0963 e. The zero-order valence-electron chi connectivity index (χ0n) is 10.9. The molecule has 0 aromatic heterocycles. The summed E-state index contributed by atoms with van der Waals surface area (Å²) in [6.07, 6.45) is 13.5. The third kappa shape index (κ3) is 2.15. The van der Waals surface area contributed by atoms with E-state index >= 15 is 0 Å². The third-order valence-electron chi connectivity index (χ3n) is 5.54. The summed E-state index contributed by atoms with van der Waals surface area (Å²) in [5.41, 5.74) is 0. The predicted molar refractivity (Wildman–Crippen MR) is 71.4 cm³/mol. The number of nitrogens with one attached hydrogen (secondary N) is 1. The molecule has 4 fully saturated rings. The number of hydrogen-bond donors (Lipinski definition) is 1. The fourth-order valence-corrected chi connectivity index (χ4v) is 5.06. The van der Waals surface area contributed by atoms with Crippen LogP contribution in [0.2, 0.25) is 0 Å². The Bertz CT molecular complexity index is 359. The van der Waals surface area contributed by atoms with Gasteiger partial charge in [0, 0.05) is 0 Å². The number of hydrogen-bond acceptors (Lipinski definition) is 2. The Kier molecular flexibility index (Phi) is 3.31. The van der Waals surface area contributed by atoms with Gasteiger partial charge in [-0.05, 0) is 68.1 Å². The molecule has 4 rings (SSSR count). The molecule has 0 aromatic carbocycles. The Morgan fingerprint density at radius 3 is 2.22 bits per heavy atom. The van der Waals surface area contributed by atoms with Crippen LogP contribution in [0.25, 0.3) is 0 Å². The lowest BCUT2D eigenvalue weighted by atomic mass is 9.51. The lowest BCUT2D eigenvalue weighted by Gasteiger charge is -2.55. The van der Waals surface area contributed by atoms with Gasteiger partial charge in [0.25, 0.3) is 0 Å². The number of nitrogens with zero attached hydrogens (tertiary/aromatic N) is 1. The van der Waals surface area contributed by atoms with Crippen LogP contribution in [-0.2, 0) is 0 Å². The molecule has 18 heavy (non-hydrogen) atoms. The van der Waals surface area contributed by atoms with Crippen molar-refractivity contribution in [3.05, 3.63) is 0 Å². The minimum absolute atomic E-state index is 0.0384. The van der Waals surface area contributed by atoms with Crippen LogP contribution < -0.4 is 5.32 Å². The SMILES string of the molecule is C#CCNC(C#N)CC1C2CC3CC(C2)CC1C3. The fourth-order valence-electron chi connectivity index (χ4n) is 5.06. The molecule has 4 saturated carbocycles. The lowest BCUT2D eigenvalue weighted by molar-refractivity contribution is -0.0412. The molecule has 2 heteroatoms. The molecule has 0 spiro atoms. The van der Waals surface area contributed by atoms with Crippen LogP contribution >= 0.6 is 0 Å². The van der Waals surface area contributed by atoms with Crippen molar-refractivity contribution >= 4 is 0 Å². The molecule has 2 nitrogen and oxygen atoms in total. The molecule has 96 valence electrons. The molecule has 0 radical (unpaired) electrons. The first kappa shape index (κ1) is 12.1. The quantitative estimate of drug-likeness (QED) is 0.769. The Balaban J connectivity index is 1.63. The molecule has 0 heterocycles. The lowest BCUT2D eigenvalue weighted by Crippen LogP contribution is -2.47. The van der Waals surface area contributed by atoms with E-state index in [1.54, 1.807) is 0 Å². The van der Waals surface area contributed by atoms with Gasteiger partial charge in [0.2, 0.25) is 0 Å². The minimum atomic E-state index is -0.0384. The Labute approximate surface area is 110 Å². The van der Waals surface area contributed by atoms with Gasteiger partial charge in [-0.25, -0.2) is 0 Å². The van der Waals surface area contributed by atoms with Crippen LogP contribution in [0.3, 0.4) is 0 Å². The van der Waals surface area contributed by atoms with Gasteiger partial charge in [0.1, 0.15) is 0 Å². The first-order chi connectivity index (χ1) is 8.80. The van der Waals surface area contributed by atoms with Crippen molar-refractivity contribution in [2.24, 2.45) is 29.6 Å². The maximum absolute atomic E-state index is 9.23. The highest BCUT2D eigenvalue weighted by atomic mass is 14.9. The van der Waals surface area contributed by atoms with Gasteiger partial charge >= 0.3 is 0 Å². The average Bonchev–Trinajstić information content (AvgIpc) is 2.36. The van der Waals surface area contributed by atoms with Crippen molar-refractivity contribution in [2.45, 2.75) is 44.6 Å². The Hall–Kier alpha value is -0.990. The fraction of sp³-hybridized carbons (Fsp3) is 0.812. The van der Waals surface area contributed by atoms with E-state index < -0.39 is 0 Å². The molecule has 4 aliphatic rings. The van der Waals surface area contributed by atoms with Crippen molar-refractivity contribution in [3.8, 4) is 18.4 Å². The molecule has 0 aromatic rings. The van der Waals surface area contributed by atoms with E-state index in [9.17, 15) is 5.26 Å². The van der Waals surface area contributed by atoms with E-state index in [1.165, 1.54) is 32.1 Å². The van der Waals surface area contributed by atoms with Gasteiger partial charge in [0.05, 0.1) is 18.7 Å². The molecule has 1 unspecified atom stereocenters. The summed E-state index contributed by atoms with van der Waals surface area (Å²) in [4.78, 5) is 0. The van der Waals surface area contributed by atoms with Crippen molar-refractivity contribution < 1.29 is 0 Å². The molecular weight excluding hydrogens is 220 g/mol. The Morgan fingerprint density at radius 2 is 1.72 bits per heavy atom. The highest BCUT2D eigenvalue weighted by molar-refractivity contribution is 5.03. The highest BCUT2D eigenvalue weighted by Crippen LogP contribution is 2.57. The summed E-state index contributed by atoms with van der Waals surface area (Å²) in [6, 6.07) is 2.35. The van der Waals surface area contributed by atoms with E-state index in [2.05, 4.69) is 17.3 Å². The van der Waals surface area contributed by atoms with Crippen LogP contribution in [0.4, 0.5) is 0 Å². The first-order valence-corrected chi connectivity index (χ1v) is 7.36. The van der Waals surface area contributed by atoms with Gasteiger partial charge in [-0.1, -0.05) is 5.92 Å². The zero-order valence-corrected chi connectivity index (χ0v) is 10.9. The van der Waals surface area contributed by atoms with Crippen molar-refractivity contribution in [3.63, 3.8) is 0 Å². The summed E-state index contributed by atoms with van der Waals surface area (Å²) >= 11 is 0. The second-order valence-electron chi connectivity index (χ2n) is 6.60. The normalized spacial score (nSPS) is 42.2. The van der Waals surface area contributed by atoms with Crippen LogP contribution in [0.1, 0.15) is 38.5 Å². The van der Waals surface area contributed by atoms with Crippen molar-refractivity contribution in [2.75, 3.05) is 6.54 Å². The summed E-state index contributed by atoms with van der Waals surface area (Å²) in [5, 5.41) is 12.4. The summed E-state index contributed by atoms with van der Waals surface area (Å²) < 4.78 is 0. The van der Waals surface area contributed by atoms with E-state index in [0.717, 1.165) is 36.0 Å². The van der Waals surface area contributed by atoms with Crippen LogP contribution in [0, 0.1) is 53.3 Å². The number of nitriles is 1. The summed E-state index contributed by atoms with van der Waals surface area (Å²) in [7, 11) is 0. The number of terminal acetylenes is 1. The predicted octanol–water partition coefficient (Wildman–Crippen LogP) is 2.56. The second-order valence-corrected chi connectivity index (χ2v) is 6.60. The molecular formula is C16H22N2. The molecule has 1 N–H and O–H groups in total. The van der Waals surface area contributed by atoms with E-state index in [0.29, 0.717) is 6.54 Å².